The summed E-state index contributed by atoms with van der Waals surface area (Å²) in [4.78, 5) is 0. The van der Waals surface area contributed by atoms with Gasteiger partial charge in [-0.1, -0.05) is 32.0 Å². The van der Waals surface area contributed by atoms with Gasteiger partial charge in [0.25, 0.3) is 0 Å². The Kier molecular flexibility index (Phi) is 1.58. The molecule has 0 aromatic heterocycles. The zero-order chi connectivity index (χ0) is 8.43. The van der Waals surface area contributed by atoms with Crippen LogP contribution in [0, 0.1) is 0 Å². The van der Waals surface area contributed by atoms with E-state index in [-0.39, 0.29) is 11.7 Å². The van der Waals surface area contributed by atoms with Crippen molar-refractivity contribution in [3.8, 4) is 5.75 Å². The summed E-state index contributed by atoms with van der Waals surface area (Å²) < 4.78 is 7.31. The van der Waals surface area contributed by atoms with E-state index in [0.29, 0.717) is 6.04 Å². The summed E-state index contributed by atoms with van der Waals surface area (Å²) in [6.07, 6.45) is 0. The molecule has 1 aromatic carbocycles. The summed E-state index contributed by atoms with van der Waals surface area (Å²) in [5, 5.41) is 9.32. The standard InChI is InChI=1S/C9H12O/c1-7(2)8-5-3-4-6-9(8)10/h3-7,10H,1-2H3/i3T. The number of hydrogen-bond acceptors (Lipinski definition) is 1. The zero-order valence-corrected chi connectivity index (χ0v) is 6.26. The first kappa shape index (κ1) is 5.78. The molecule has 0 saturated heterocycles. The summed E-state index contributed by atoms with van der Waals surface area (Å²) in [6.45, 7) is 3.99. The van der Waals surface area contributed by atoms with Gasteiger partial charge in [0.2, 0.25) is 0 Å². The van der Waals surface area contributed by atoms with Crippen LogP contribution in [0.3, 0.4) is 0 Å². The summed E-state index contributed by atoms with van der Waals surface area (Å²) in [5.41, 5.74) is 0.845. The SMILES string of the molecule is [3H]c1ccc(O)c(C(C)C)c1. The molecular formula is C9H12O. The number of phenols is 1. The van der Waals surface area contributed by atoms with Crippen LogP contribution in [0.4, 0.5) is 0 Å². The first-order valence-corrected chi connectivity index (χ1v) is 3.41. The van der Waals surface area contributed by atoms with Gasteiger partial charge in [0.05, 0.1) is 1.37 Å². The third-order valence-electron chi connectivity index (χ3n) is 1.49. The smallest absolute Gasteiger partial charge is 0.119 e. The van der Waals surface area contributed by atoms with E-state index >= 15 is 0 Å². The highest BCUT2D eigenvalue weighted by molar-refractivity contribution is 5.33. The molecule has 1 rings (SSSR count). The first-order chi connectivity index (χ1) is 5.11. The first-order valence-electron chi connectivity index (χ1n) is 3.91. The second-order valence-corrected chi connectivity index (χ2v) is 2.64. The molecule has 0 radical (unpaired) electrons. The van der Waals surface area contributed by atoms with Crippen LogP contribution < -0.4 is 0 Å². The maximum atomic E-state index is 9.32. The highest BCUT2D eigenvalue weighted by Crippen LogP contribution is 2.23. The molecule has 0 atom stereocenters. The van der Waals surface area contributed by atoms with Crippen LogP contribution in [0.1, 0.15) is 26.7 Å². The predicted molar refractivity (Wildman–Crippen MR) is 42.2 cm³/mol. The lowest BCUT2D eigenvalue weighted by Crippen LogP contribution is -1.85. The van der Waals surface area contributed by atoms with E-state index in [1.807, 2.05) is 13.8 Å². The molecule has 54 valence electrons. The molecular weight excluding hydrogens is 124 g/mol. The molecule has 0 aliphatic rings. The number of phenolic OH excluding ortho intramolecular Hbond substituents is 1. The van der Waals surface area contributed by atoms with E-state index in [4.69, 9.17) is 1.37 Å². The van der Waals surface area contributed by atoms with Crippen molar-refractivity contribution >= 4 is 0 Å². The average molecular weight is 138 g/mol. The molecule has 0 fully saturated rings. The van der Waals surface area contributed by atoms with Gasteiger partial charge in [0, 0.05) is 0 Å². The Morgan fingerprint density at radius 1 is 1.50 bits per heavy atom. The molecule has 0 amide bonds. The van der Waals surface area contributed by atoms with Gasteiger partial charge >= 0.3 is 0 Å². The van der Waals surface area contributed by atoms with Crippen molar-refractivity contribution in [1.29, 1.82) is 0 Å². The minimum absolute atomic E-state index is 0.278. The summed E-state index contributed by atoms with van der Waals surface area (Å²) in [7, 11) is 0. The van der Waals surface area contributed by atoms with Gasteiger partial charge < -0.3 is 5.11 Å². The highest BCUT2D eigenvalue weighted by atomic mass is 16.3. The maximum Gasteiger partial charge on any atom is 0.119 e. The van der Waals surface area contributed by atoms with Gasteiger partial charge in [-0.05, 0) is 17.5 Å². The van der Waals surface area contributed by atoms with E-state index in [9.17, 15) is 5.11 Å². The lowest BCUT2D eigenvalue weighted by molar-refractivity contribution is 0.465. The third kappa shape index (κ3) is 1.29. The number of aromatic hydroxyl groups is 1. The Balaban J connectivity index is 3.13. The molecule has 1 N–H and O–H groups in total. The van der Waals surface area contributed by atoms with Crippen molar-refractivity contribution in [2.45, 2.75) is 19.8 Å². The van der Waals surface area contributed by atoms with Crippen molar-refractivity contribution in [1.82, 2.24) is 0 Å². The van der Waals surface area contributed by atoms with Crippen LogP contribution >= 0.6 is 0 Å². The van der Waals surface area contributed by atoms with Crippen molar-refractivity contribution in [2.24, 2.45) is 0 Å². The molecule has 0 bridgehead atoms. The molecule has 0 aliphatic heterocycles. The van der Waals surface area contributed by atoms with Crippen molar-refractivity contribution < 1.29 is 6.48 Å². The minimum Gasteiger partial charge on any atom is -0.508 e. The quantitative estimate of drug-likeness (QED) is 0.632. The van der Waals surface area contributed by atoms with Crippen molar-refractivity contribution in [3.63, 3.8) is 0 Å². The largest absolute Gasteiger partial charge is 0.508 e. The summed E-state index contributed by atoms with van der Waals surface area (Å²) in [6, 6.07) is 5.30. The van der Waals surface area contributed by atoms with Gasteiger partial charge in [-0.2, -0.15) is 0 Å². The molecule has 0 unspecified atom stereocenters. The molecule has 0 heterocycles. The van der Waals surface area contributed by atoms with E-state index in [1.165, 1.54) is 0 Å². The van der Waals surface area contributed by atoms with Crippen molar-refractivity contribution in [3.05, 3.63) is 29.8 Å². The normalized spacial score (nSPS) is 11.7. The Morgan fingerprint density at radius 3 is 2.70 bits per heavy atom. The number of para-hydroxylation sites is 1. The fourth-order valence-electron chi connectivity index (χ4n) is 0.898. The van der Waals surface area contributed by atoms with Crippen LogP contribution in [0.2, 0.25) is 0 Å². The molecule has 0 saturated carbocycles. The van der Waals surface area contributed by atoms with Crippen LogP contribution in [0.5, 0.6) is 5.75 Å². The average Bonchev–Trinajstić information content (AvgIpc) is 1.94. The van der Waals surface area contributed by atoms with E-state index in [0.717, 1.165) is 5.56 Å². The van der Waals surface area contributed by atoms with Crippen LogP contribution in [-0.2, 0) is 0 Å². The zero-order valence-electron chi connectivity index (χ0n) is 7.26. The van der Waals surface area contributed by atoms with Gasteiger partial charge in [-0.25, -0.2) is 0 Å². The Morgan fingerprint density at radius 2 is 2.20 bits per heavy atom. The fourth-order valence-corrected chi connectivity index (χ4v) is 0.898. The number of rotatable bonds is 1. The Labute approximate surface area is 62.7 Å². The molecule has 10 heavy (non-hydrogen) atoms. The molecule has 0 spiro atoms. The second-order valence-electron chi connectivity index (χ2n) is 2.64. The van der Waals surface area contributed by atoms with Crippen molar-refractivity contribution in [2.75, 3.05) is 0 Å². The molecule has 0 aliphatic carbocycles. The topological polar surface area (TPSA) is 20.2 Å². The maximum absolute atomic E-state index is 9.32. The molecule has 1 aromatic rings. The van der Waals surface area contributed by atoms with Crippen LogP contribution in [0.15, 0.2) is 24.2 Å². The fraction of sp³-hybridized carbons (Fsp3) is 0.333. The van der Waals surface area contributed by atoms with Crippen LogP contribution in [0.25, 0.3) is 0 Å². The predicted octanol–water partition coefficient (Wildman–Crippen LogP) is 2.52. The van der Waals surface area contributed by atoms with E-state index in [1.54, 1.807) is 18.2 Å². The summed E-state index contributed by atoms with van der Waals surface area (Å²) >= 11 is 0. The number of hydrogen-bond donors (Lipinski definition) is 1. The van der Waals surface area contributed by atoms with E-state index in [2.05, 4.69) is 0 Å². The van der Waals surface area contributed by atoms with E-state index < -0.39 is 0 Å². The minimum atomic E-state index is 0.278. The molecule has 1 heteroatoms. The second kappa shape index (κ2) is 2.74. The van der Waals surface area contributed by atoms with Gasteiger partial charge in [0.15, 0.2) is 0 Å². The lowest BCUT2D eigenvalue weighted by Gasteiger charge is -2.05. The lowest BCUT2D eigenvalue weighted by atomic mass is 10.0. The van der Waals surface area contributed by atoms with Gasteiger partial charge in [0.1, 0.15) is 5.75 Å². The highest BCUT2D eigenvalue weighted by Gasteiger charge is 2.01. The summed E-state index contributed by atoms with van der Waals surface area (Å²) in [5.74, 6) is 0.566. The number of benzene rings is 1. The Hall–Kier alpha value is -0.980. The van der Waals surface area contributed by atoms with Crippen LogP contribution in [-0.4, -0.2) is 5.11 Å². The monoisotopic (exact) mass is 138 g/mol. The Bertz CT molecular complexity index is 256. The van der Waals surface area contributed by atoms with Gasteiger partial charge in [-0.15, -0.1) is 0 Å². The third-order valence-corrected chi connectivity index (χ3v) is 1.49. The molecule has 1 nitrogen and oxygen atoms in total. The van der Waals surface area contributed by atoms with Gasteiger partial charge in [-0.3, -0.25) is 0 Å².